The normalized spacial score (nSPS) is 15.6. The van der Waals surface area contributed by atoms with Gasteiger partial charge in [-0.25, -0.2) is 9.59 Å². The predicted molar refractivity (Wildman–Crippen MR) is 223 cm³/mol. The number of piperidine rings is 1. The van der Waals surface area contributed by atoms with E-state index in [1.807, 2.05) is 4.90 Å². The summed E-state index contributed by atoms with van der Waals surface area (Å²) in [6, 6.07) is 17.1. The zero-order valence-electron chi connectivity index (χ0n) is 33.4. The van der Waals surface area contributed by atoms with Crippen LogP contribution in [0.5, 0.6) is 0 Å². The van der Waals surface area contributed by atoms with Gasteiger partial charge in [0.1, 0.15) is 23.7 Å². The number of esters is 1. The Kier molecular flexibility index (Phi) is 12.7. The first-order valence-electron chi connectivity index (χ1n) is 19.6. The number of nitrogens with one attached hydrogen (secondary N) is 5. The number of hydrogen-bond acceptors (Lipinski definition) is 11. The minimum absolute atomic E-state index is 0.0175. The van der Waals surface area contributed by atoms with Gasteiger partial charge in [-0.05, 0) is 104 Å². The van der Waals surface area contributed by atoms with Crippen LogP contribution in [0.1, 0.15) is 49.7 Å². The number of carbonyl (C=O) groups excluding carboxylic acids is 5. The van der Waals surface area contributed by atoms with E-state index in [1.165, 1.54) is 17.1 Å². The number of ether oxygens (including phenoxy) is 2. The number of tetrazole rings is 1. The molecule has 0 radical (unpaired) electrons. The molecule has 0 unspecified atom stereocenters. The van der Waals surface area contributed by atoms with E-state index >= 15 is 0 Å². The fourth-order valence-corrected chi connectivity index (χ4v) is 7.29. The highest BCUT2D eigenvalue weighted by atomic mass is 35.5. The Morgan fingerprint density at radius 1 is 0.883 bits per heavy atom. The van der Waals surface area contributed by atoms with Crippen molar-refractivity contribution in [2.45, 2.75) is 57.7 Å². The molecule has 19 heteroatoms. The van der Waals surface area contributed by atoms with Crippen LogP contribution >= 0.6 is 11.6 Å². The molecule has 2 aliphatic heterocycles. The van der Waals surface area contributed by atoms with Crippen LogP contribution < -0.4 is 21.3 Å². The molecule has 2 aliphatic rings. The van der Waals surface area contributed by atoms with Gasteiger partial charge < -0.3 is 40.6 Å². The third-order valence-corrected chi connectivity index (χ3v) is 10.3. The summed E-state index contributed by atoms with van der Waals surface area (Å²) < 4.78 is 12.3. The number of anilines is 3. The maximum absolute atomic E-state index is 14.0. The number of morpholine rings is 1. The van der Waals surface area contributed by atoms with Crippen molar-refractivity contribution >= 4 is 69.3 Å². The van der Waals surface area contributed by atoms with E-state index in [2.05, 4.69) is 46.7 Å². The van der Waals surface area contributed by atoms with Gasteiger partial charge in [-0.1, -0.05) is 23.7 Å². The van der Waals surface area contributed by atoms with Crippen molar-refractivity contribution in [2.75, 3.05) is 55.3 Å². The molecule has 5 aromatic rings. The highest BCUT2D eigenvalue weighted by molar-refractivity contribution is 6.40. The van der Waals surface area contributed by atoms with Gasteiger partial charge in [-0.3, -0.25) is 19.3 Å². The molecule has 4 heterocycles. The van der Waals surface area contributed by atoms with E-state index in [4.69, 9.17) is 21.1 Å². The minimum atomic E-state index is -1.24. The van der Waals surface area contributed by atoms with E-state index in [-0.39, 0.29) is 28.9 Å². The van der Waals surface area contributed by atoms with Gasteiger partial charge in [-0.15, -0.1) is 5.10 Å². The van der Waals surface area contributed by atoms with Crippen molar-refractivity contribution in [3.05, 3.63) is 89.3 Å². The Hall–Kier alpha value is -6.37. The number of halogens is 1. The second kappa shape index (κ2) is 18.3. The van der Waals surface area contributed by atoms with Crippen molar-refractivity contribution in [1.82, 2.24) is 40.3 Å². The maximum atomic E-state index is 14.0. The first-order valence-corrected chi connectivity index (χ1v) is 19.9. The third kappa shape index (κ3) is 10.6. The lowest BCUT2D eigenvalue weighted by atomic mass is 10.0. The molecule has 314 valence electrons. The van der Waals surface area contributed by atoms with Gasteiger partial charge in [0, 0.05) is 65.9 Å². The average molecular weight is 840 g/mol. The first-order chi connectivity index (χ1) is 28.8. The van der Waals surface area contributed by atoms with Gasteiger partial charge in [-0.2, -0.15) is 4.68 Å². The summed E-state index contributed by atoms with van der Waals surface area (Å²) in [5.74, 6) is -3.31. The van der Waals surface area contributed by atoms with E-state index < -0.39 is 35.3 Å². The molecule has 5 N–H and O–H groups in total. The van der Waals surface area contributed by atoms with Crippen LogP contribution in [0.15, 0.2) is 73.1 Å². The van der Waals surface area contributed by atoms with Crippen LogP contribution in [0.2, 0.25) is 5.02 Å². The molecule has 7 rings (SSSR count). The molecule has 18 nitrogen and oxygen atoms in total. The van der Waals surface area contributed by atoms with E-state index in [1.54, 1.807) is 81.4 Å². The van der Waals surface area contributed by atoms with Crippen molar-refractivity contribution in [1.29, 1.82) is 0 Å². The minimum Gasteiger partial charge on any atom is -0.455 e. The second-order valence-corrected chi connectivity index (χ2v) is 16.0. The lowest BCUT2D eigenvalue weighted by Crippen LogP contribution is -2.50. The number of rotatable bonds is 10. The van der Waals surface area contributed by atoms with Gasteiger partial charge >= 0.3 is 23.8 Å². The number of fused-ring (bicyclic) bond motifs is 1. The summed E-state index contributed by atoms with van der Waals surface area (Å²) >= 11 is 6.20. The van der Waals surface area contributed by atoms with Gasteiger partial charge in [0.25, 0.3) is 0 Å². The number of amides is 5. The quantitative estimate of drug-likeness (QED) is 0.0982. The maximum Gasteiger partial charge on any atom is 0.355 e. The molecule has 3 aromatic carbocycles. The SMILES string of the molecule is CC(C)(C)OC(=O)c1cc2cc(NC(=O)[C@H](Cc3ccc(NC(=O)N4CCC(N5CCOCC5)CC4)cc3)NC(=O)C(=O)Nc3cc(Cl)ccc3-n3cnnn3)ccc2[nH]1. The Balaban J connectivity index is 1.04. The Bertz CT molecular complexity index is 2350. The molecule has 1 atom stereocenters. The Morgan fingerprint density at radius 2 is 1.62 bits per heavy atom. The fraction of sp³-hybridized carbons (Fsp3) is 0.366. The molecule has 0 spiro atoms. The zero-order chi connectivity index (χ0) is 42.4. The third-order valence-electron chi connectivity index (χ3n) is 10.1. The molecular formula is C41H46ClN11O7. The van der Waals surface area contributed by atoms with Gasteiger partial charge in [0.15, 0.2) is 0 Å². The molecule has 2 fully saturated rings. The van der Waals surface area contributed by atoms with Crippen LogP contribution in [0, 0.1) is 0 Å². The monoisotopic (exact) mass is 839 g/mol. The molecule has 60 heavy (non-hydrogen) atoms. The molecule has 0 bridgehead atoms. The number of benzene rings is 3. The van der Waals surface area contributed by atoms with Crippen LogP contribution in [0.25, 0.3) is 16.6 Å². The fourth-order valence-electron chi connectivity index (χ4n) is 7.11. The topological polar surface area (TPSA) is 218 Å². The van der Waals surface area contributed by atoms with Crippen molar-refractivity contribution in [3.63, 3.8) is 0 Å². The van der Waals surface area contributed by atoms with Crippen LogP contribution in [-0.4, -0.2) is 122 Å². The van der Waals surface area contributed by atoms with Crippen LogP contribution in [0.3, 0.4) is 0 Å². The summed E-state index contributed by atoms with van der Waals surface area (Å²) in [4.78, 5) is 73.9. The van der Waals surface area contributed by atoms with Crippen molar-refractivity contribution < 1.29 is 33.4 Å². The number of likely N-dealkylation sites (tertiary alicyclic amines) is 1. The average Bonchev–Trinajstić information content (AvgIpc) is 3.92. The molecule has 5 amide bonds. The largest absolute Gasteiger partial charge is 0.455 e. The summed E-state index contributed by atoms with van der Waals surface area (Å²) in [7, 11) is 0. The highest BCUT2D eigenvalue weighted by Gasteiger charge is 2.29. The van der Waals surface area contributed by atoms with E-state index in [9.17, 15) is 24.0 Å². The zero-order valence-corrected chi connectivity index (χ0v) is 34.1. The predicted octanol–water partition coefficient (Wildman–Crippen LogP) is 4.39. The first kappa shape index (κ1) is 41.8. The van der Waals surface area contributed by atoms with Crippen molar-refractivity contribution in [3.8, 4) is 5.69 Å². The molecule has 2 aromatic heterocycles. The smallest absolute Gasteiger partial charge is 0.355 e. The number of urea groups is 1. The van der Waals surface area contributed by atoms with E-state index in [0.717, 1.165) is 39.1 Å². The molecule has 0 aliphatic carbocycles. The van der Waals surface area contributed by atoms with Gasteiger partial charge in [0.05, 0.1) is 24.6 Å². The lowest BCUT2D eigenvalue weighted by molar-refractivity contribution is -0.137. The van der Waals surface area contributed by atoms with E-state index in [0.29, 0.717) is 52.7 Å². The number of aromatic amines is 1. The van der Waals surface area contributed by atoms with Crippen LogP contribution in [0.4, 0.5) is 21.9 Å². The molecule has 2 saturated heterocycles. The Labute approximate surface area is 350 Å². The molecule has 0 saturated carbocycles. The number of hydrogen-bond donors (Lipinski definition) is 5. The number of carbonyl (C=O) groups is 5. The highest BCUT2D eigenvalue weighted by Crippen LogP contribution is 2.25. The molecular weight excluding hydrogens is 794 g/mol. The van der Waals surface area contributed by atoms with Crippen LogP contribution in [-0.2, 0) is 30.3 Å². The number of nitrogens with zero attached hydrogens (tertiary/aromatic N) is 6. The Morgan fingerprint density at radius 3 is 2.32 bits per heavy atom. The number of H-pyrrole nitrogens is 1. The number of aromatic nitrogens is 5. The lowest BCUT2D eigenvalue weighted by Gasteiger charge is -2.40. The summed E-state index contributed by atoms with van der Waals surface area (Å²) in [5.41, 5.74) is 2.28. The summed E-state index contributed by atoms with van der Waals surface area (Å²) in [5, 5.41) is 22.9. The summed E-state index contributed by atoms with van der Waals surface area (Å²) in [6.45, 7) is 9.92. The standard InChI is InChI=1S/C41H46ClN11O7/c1-41(2,3)60-39(57)34-22-26-21-29(9-10-31(26)46-34)44-36(54)33(48-38(56)37(55)47-32-23-27(42)6-11-35(32)53-24-43-49-50-53)20-25-4-7-28(8-5-25)45-40(58)52-14-12-30(13-15-52)51-16-18-59-19-17-51/h4-11,21-24,30,33,46H,12-20H2,1-3H3,(H,44,54)(H,45,58)(H,47,55)(H,48,56)/t33-/m0/s1. The van der Waals surface area contributed by atoms with Crippen molar-refractivity contribution in [2.24, 2.45) is 0 Å². The summed E-state index contributed by atoms with van der Waals surface area (Å²) in [6.07, 6.45) is 3.08. The second-order valence-electron chi connectivity index (χ2n) is 15.6. The van der Waals surface area contributed by atoms with Gasteiger partial charge in [0.2, 0.25) is 5.91 Å².